The Labute approximate surface area is 173 Å². The zero-order valence-corrected chi connectivity index (χ0v) is 16.3. The van der Waals surface area contributed by atoms with Crippen molar-refractivity contribution >= 4 is 29.1 Å². The molecule has 0 saturated heterocycles. The van der Waals surface area contributed by atoms with Crippen molar-refractivity contribution in [3.63, 3.8) is 0 Å². The lowest BCUT2D eigenvalue weighted by atomic mass is 9.93. The van der Waals surface area contributed by atoms with Gasteiger partial charge in [-0.15, -0.1) is 0 Å². The summed E-state index contributed by atoms with van der Waals surface area (Å²) < 4.78 is 0. The minimum absolute atomic E-state index is 0.0184. The Bertz CT molecular complexity index is 1010. The molecule has 2 aromatic carbocycles. The highest BCUT2D eigenvalue weighted by atomic mass is 16.6. The predicted octanol–water partition coefficient (Wildman–Crippen LogP) is 3.56. The molecule has 1 heterocycles. The van der Waals surface area contributed by atoms with Crippen molar-refractivity contribution in [1.82, 2.24) is 4.90 Å². The summed E-state index contributed by atoms with van der Waals surface area (Å²) >= 11 is 0. The molecule has 3 amide bonds. The standard InChI is InChI=1S/C22H21N3O5/c26-20(24(15-7-3-1-4-8-15)16-9-5-2-6-10-16)14-23-21(27)18-12-11-17(25(29)30)13-19(18)22(23)28/h1,3-4,7-8,11-13,16H,2,5-6,9-10,14H2. The first-order valence-corrected chi connectivity index (χ1v) is 9.99. The fraction of sp³-hybridized carbons (Fsp3) is 0.318. The van der Waals surface area contributed by atoms with E-state index in [0.717, 1.165) is 48.8 Å². The summed E-state index contributed by atoms with van der Waals surface area (Å²) in [5, 5.41) is 11.0. The summed E-state index contributed by atoms with van der Waals surface area (Å²) in [6.07, 6.45) is 4.92. The normalized spacial score (nSPS) is 16.5. The molecule has 1 saturated carbocycles. The zero-order valence-electron chi connectivity index (χ0n) is 16.3. The minimum Gasteiger partial charge on any atom is -0.308 e. The van der Waals surface area contributed by atoms with Crippen molar-refractivity contribution in [1.29, 1.82) is 0 Å². The molecule has 8 heteroatoms. The van der Waals surface area contributed by atoms with Crippen LogP contribution < -0.4 is 4.90 Å². The number of benzene rings is 2. The fourth-order valence-corrected chi connectivity index (χ4v) is 4.23. The number of hydrogen-bond acceptors (Lipinski definition) is 5. The van der Waals surface area contributed by atoms with E-state index in [4.69, 9.17) is 0 Å². The summed E-state index contributed by atoms with van der Waals surface area (Å²) in [6.45, 7) is -0.397. The van der Waals surface area contributed by atoms with Gasteiger partial charge in [0, 0.05) is 23.9 Å². The lowest BCUT2D eigenvalue weighted by molar-refractivity contribution is -0.384. The van der Waals surface area contributed by atoms with Crippen LogP contribution in [0.5, 0.6) is 0 Å². The van der Waals surface area contributed by atoms with Crippen LogP contribution in [0.15, 0.2) is 48.5 Å². The molecule has 154 valence electrons. The number of para-hydroxylation sites is 1. The smallest absolute Gasteiger partial charge is 0.270 e. The highest BCUT2D eigenvalue weighted by molar-refractivity contribution is 6.23. The van der Waals surface area contributed by atoms with Crippen molar-refractivity contribution in [2.45, 2.75) is 38.1 Å². The number of rotatable bonds is 5. The molecule has 4 rings (SSSR count). The number of nitrogens with zero attached hydrogens (tertiary/aromatic N) is 3. The summed E-state index contributed by atoms with van der Waals surface area (Å²) in [5.74, 6) is -1.62. The van der Waals surface area contributed by atoms with Gasteiger partial charge in [0.2, 0.25) is 5.91 Å². The molecule has 2 aromatic rings. The van der Waals surface area contributed by atoms with Crippen molar-refractivity contribution in [2.75, 3.05) is 11.4 Å². The predicted molar refractivity (Wildman–Crippen MR) is 109 cm³/mol. The fourth-order valence-electron chi connectivity index (χ4n) is 4.23. The molecule has 8 nitrogen and oxygen atoms in total. The van der Waals surface area contributed by atoms with Gasteiger partial charge in [-0.25, -0.2) is 0 Å². The van der Waals surface area contributed by atoms with Gasteiger partial charge in [0.1, 0.15) is 6.54 Å². The summed E-state index contributed by atoms with van der Waals surface area (Å²) in [7, 11) is 0. The summed E-state index contributed by atoms with van der Waals surface area (Å²) in [5.41, 5.74) is 0.520. The topological polar surface area (TPSA) is 101 Å². The molecule has 1 aliphatic heterocycles. The number of fused-ring (bicyclic) bond motifs is 1. The van der Waals surface area contributed by atoms with Crippen molar-refractivity contribution < 1.29 is 19.3 Å². The van der Waals surface area contributed by atoms with Crippen molar-refractivity contribution in [3.8, 4) is 0 Å². The molecule has 0 bridgehead atoms. The second-order valence-electron chi connectivity index (χ2n) is 7.57. The SMILES string of the molecule is O=C1c2ccc([N+](=O)[O-])cc2C(=O)N1CC(=O)N(c1ccccc1)C1CCCCC1. The van der Waals surface area contributed by atoms with Gasteiger partial charge >= 0.3 is 0 Å². The Balaban J connectivity index is 1.60. The molecule has 1 fully saturated rings. The van der Waals surface area contributed by atoms with Crippen LogP contribution in [0.25, 0.3) is 0 Å². The van der Waals surface area contributed by atoms with Gasteiger partial charge in [-0.3, -0.25) is 29.4 Å². The number of imide groups is 1. The molecule has 30 heavy (non-hydrogen) atoms. The number of nitro groups is 1. The highest BCUT2D eigenvalue weighted by Crippen LogP contribution is 2.30. The van der Waals surface area contributed by atoms with Gasteiger partial charge in [-0.05, 0) is 31.0 Å². The molecule has 1 aliphatic carbocycles. The number of amides is 3. The van der Waals surface area contributed by atoms with E-state index in [9.17, 15) is 24.5 Å². The van der Waals surface area contributed by atoms with E-state index in [1.165, 1.54) is 12.1 Å². The molecular weight excluding hydrogens is 386 g/mol. The van der Waals surface area contributed by atoms with Crippen LogP contribution in [0.2, 0.25) is 0 Å². The van der Waals surface area contributed by atoms with Crippen LogP contribution in [-0.4, -0.2) is 40.1 Å². The Hall–Kier alpha value is -3.55. The number of hydrogen-bond donors (Lipinski definition) is 0. The average Bonchev–Trinajstić information content (AvgIpc) is 3.00. The van der Waals surface area contributed by atoms with E-state index >= 15 is 0 Å². The number of carbonyl (C=O) groups is 3. The summed E-state index contributed by atoms with van der Waals surface area (Å²) in [4.78, 5) is 51.7. The Morgan fingerprint density at radius 1 is 1.00 bits per heavy atom. The minimum atomic E-state index is -0.677. The van der Waals surface area contributed by atoms with E-state index in [-0.39, 0.29) is 28.8 Å². The van der Waals surface area contributed by atoms with Gasteiger partial charge in [0.15, 0.2) is 0 Å². The van der Waals surface area contributed by atoms with E-state index in [1.54, 1.807) is 4.90 Å². The maximum absolute atomic E-state index is 13.3. The van der Waals surface area contributed by atoms with Crippen molar-refractivity contribution in [2.24, 2.45) is 0 Å². The third-order valence-electron chi connectivity index (χ3n) is 5.70. The molecule has 0 spiro atoms. The quantitative estimate of drug-likeness (QED) is 0.429. The van der Waals surface area contributed by atoms with E-state index in [1.807, 2.05) is 30.3 Å². The van der Waals surface area contributed by atoms with Crippen LogP contribution in [0, 0.1) is 10.1 Å². The Morgan fingerprint density at radius 2 is 1.67 bits per heavy atom. The molecule has 0 atom stereocenters. The molecule has 0 N–H and O–H groups in total. The monoisotopic (exact) mass is 407 g/mol. The number of carbonyl (C=O) groups excluding carboxylic acids is 3. The average molecular weight is 407 g/mol. The van der Waals surface area contributed by atoms with Gasteiger partial charge in [0.25, 0.3) is 17.5 Å². The van der Waals surface area contributed by atoms with Crippen LogP contribution in [-0.2, 0) is 4.79 Å². The third-order valence-corrected chi connectivity index (χ3v) is 5.70. The number of anilines is 1. The first-order chi connectivity index (χ1) is 14.5. The first kappa shape index (κ1) is 19.8. The van der Waals surface area contributed by atoms with E-state index in [0.29, 0.717) is 0 Å². The molecular formula is C22H21N3O5. The van der Waals surface area contributed by atoms with Gasteiger partial charge in [0.05, 0.1) is 16.1 Å². The third kappa shape index (κ3) is 3.56. The number of nitro benzene ring substituents is 1. The van der Waals surface area contributed by atoms with Crippen LogP contribution in [0.1, 0.15) is 52.8 Å². The zero-order chi connectivity index (χ0) is 21.3. The highest BCUT2D eigenvalue weighted by Gasteiger charge is 2.39. The van der Waals surface area contributed by atoms with Gasteiger partial charge in [-0.2, -0.15) is 0 Å². The maximum Gasteiger partial charge on any atom is 0.270 e. The Morgan fingerprint density at radius 3 is 2.33 bits per heavy atom. The molecule has 0 unspecified atom stereocenters. The summed E-state index contributed by atoms with van der Waals surface area (Å²) in [6, 6.07) is 12.8. The van der Waals surface area contributed by atoms with Crippen molar-refractivity contribution in [3.05, 3.63) is 69.8 Å². The van der Waals surface area contributed by atoms with Crippen LogP contribution in [0.3, 0.4) is 0 Å². The first-order valence-electron chi connectivity index (χ1n) is 9.99. The lowest BCUT2D eigenvalue weighted by Crippen LogP contribution is -2.48. The largest absolute Gasteiger partial charge is 0.308 e. The Kier molecular flexibility index (Phi) is 5.31. The van der Waals surface area contributed by atoms with Crippen LogP contribution in [0.4, 0.5) is 11.4 Å². The molecule has 2 aliphatic rings. The second kappa shape index (κ2) is 8.06. The van der Waals surface area contributed by atoms with Gasteiger partial charge in [-0.1, -0.05) is 37.5 Å². The number of non-ortho nitro benzene ring substituents is 1. The molecule has 0 aromatic heterocycles. The maximum atomic E-state index is 13.3. The molecule has 0 radical (unpaired) electrons. The van der Waals surface area contributed by atoms with E-state index in [2.05, 4.69) is 0 Å². The van der Waals surface area contributed by atoms with Gasteiger partial charge < -0.3 is 4.90 Å². The van der Waals surface area contributed by atoms with Crippen LogP contribution >= 0.6 is 0 Å². The lowest BCUT2D eigenvalue weighted by Gasteiger charge is -2.35. The second-order valence-corrected chi connectivity index (χ2v) is 7.57. The van der Waals surface area contributed by atoms with E-state index < -0.39 is 23.3 Å².